The van der Waals surface area contributed by atoms with Crippen molar-refractivity contribution in [3.63, 3.8) is 0 Å². The van der Waals surface area contributed by atoms with E-state index >= 15 is 0 Å². The van der Waals surface area contributed by atoms with E-state index in [0.717, 1.165) is 0 Å². The summed E-state index contributed by atoms with van der Waals surface area (Å²) in [7, 11) is 0. The summed E-state index contributed by atoms with van der Waals surface area (Å²) in [6, 6.07) is 20.9. The third-order valence-corrected chi connectivity index (χ3v) is 10.8. The third-order valence-electron chi connectivity index (χ3n) is 8.30. The summed E-state index contributed by atoms with van der Waals surface area (Å²) in [5.41, 5.74) is 7.48. The van der Waals surface area contributed by atoms with Gasteiger partial charge in [0.1, 0.15) is 0 Å². The number of benzene rings is 3. The van der Waals surface area contributed by atoms with E-state index < -0.39 is 0 Å². The predicted molar refractivity (Wildman–Crippen MR) is 153 cm³/mol. The standard InChI is InChI=1S/C33H35NSe/c1-31(2,3)25-17-21(16-20-10-8-9-11-22(20)25)29-30-23(12-15-34-29)24-18-26-27(19-28(24)35-30)33(6,7)14-13-32(26,4)5/h8-12,15-19H,13-14H2,1-7H3. The van der Waals surface area contributed by atoms with Crippen LogP contribution in [-0.2, 0) is 16.2 Å². The second-order valence-electron chi connectivity index (χ2n) is 12.8. The van der Waals surface area contributed by atoms with E-state index in [2.05, 4.69) is 103 Å². The number of hydrogen-bond acceptors (Lipinski definition) is 1. The molecular weight excluding hydrogens is 489 g/mol. The SMILES string of the molecule is CC(C)(C)c1cc(-c2nccc3c2[se]c2cc4c(cc23)C(C)(C)CCC4(C)C)cc2ccccc12. The van der Waals surface area contributed by atoms with Gasteiger partial charge in [0.15, 0.2) is 0 Å². The second kappa shape index (κ2) is 7.55. The molecule has 0 saturated heterocycles. The quantitative estimate of drug-likeness (QED) is 0.200. The monoisotopic (exact) mass is 525 g/mol. The van der Waals surface area contributed by atoms with E-state index in [-0.39, 0.29) is 30.7 Å². The van der Waals surface area contributed by atoms with Gasteiger partial charge in [-0.15, -0.1) is 0 Å². The number of pyridine rings is 1. The van der Waals surface area contributed by atoms with Crippen LogP contribution in [0, 0.1) is 0 Å². The first kappa shape index (κ1) is 23.0. The van der Waals surface area contributed by atoms with Crippen molar-refractivity contribution in [3.8, 4) is 11.3 Å². The Morgan fingerprint density at radius 3 is 2.17 bits per heavy atom. The van der Waals surface area contributed by atoms with Gasteiger partial charge in [0, 0.05) is 0 Å². The summed E-state index contributed by atoms with van der Waals surface area (Å²) in [5, 5.41) is 5.50. The first-order valence-electron chi connectivity index (χ1n) is 12.9. The molecule has 5 aromatic rings. The van der Waals surface area contributed by atoms with Crippen LogP contribution in [0.15, 0.2) is 60.8 Å². The average molecular weight is 525 g/mol. The van der Waals surface area contributed by atoms with E-state index in [9.17, 15) is 0 Å². The molecule has 0 radical (unpaired) electrons. The molecule has 6 rings (SSSR count). The second-order valence-corrected chi connectivity index (χ2v) is 15.0. The van der Waals surface area contributed by atoms with Gasteiger partial charge >= 0.3 is 216 Å². The first-order valence-corrected chi connectivity index (χ1v) is 14.6. The molecule has 0 unspecified atom stereocenters. The van der Waals surface area contributed by atoms with Crippen LogP contribution in [0.4, 0.5) is 0 Å². The van der Waals surface area contributed by atoms with Crippen LogP contribution >= 0.6 is 0 Å². The molecule has 0 amide bonds. The molecule has 0 spiro atoms. The van der Waals surface area contributed by atoms with Gasteiger partial charge in [0.05, 0.1) is 0 Å². The Hall–Kier alpha value is -2.41. The van der Waals surface area contributed by atoms with E-state index in [1.54, 1.807) is 11.1 Å². The van der Waals surface area contributed by atoms with Crippen LogP contribution in [0.2, 0.25) is 0 Å². The Bertz CT molecular complexity index is 1620. The van der Waals surface area contributed by atoms with Gasteiger partial charge in [-0.2, -0.15) is 0 Å². The van der Waals surface area contributed by atoms with Crippen LogP contribution in [0.5, 0.6) is 0 Å². The fraction of sp³-hybridized carbons (Fsp3) is 0.364. The zero-order valence-electron chi connectivity index (χ0n) is 22.0. The Morgan fingerprint density at radius 1 is 0.771 bits per heavy atom. The summed E-state index contributed by atoms with van der Waals surface area (Å²) < 4.78 is 2.98. The Kier molecular flexibility index (Phi) is 4.96. The Balaban J connectivity index is 1.65. The molecule has 3 aromatic carbocycles. The molecular formula is C33H35NSe. The molecule has 0 N–H and O–H groups in total. The molecule has 35 heavy (non-hydrogen) atoms. The molecule has 0 atom stereocenters. The van der Waals surface area contributed by atoms with Crippen molar-refractivity contribution in [2.24, 2.45) is 0 Å². The van der Waals surface area contributed by atoms with Crippen LogP contribution in [-0.4, -0.2) is 19.5 Å². The van der Waals surface area contributed by atoms with Crippen molar-refractivity contribution in [1.29, 1.82) is 0 Å². The van der Waals surface area contributed by atoms with Crippen molar-refractivity contribution in [2.75, 3.05) is 0 Å². The number of aromatic nitrogens is 1. The van der Waals surface area contributed by atoms with E-state index in [0.29, 0.717) is 0 Å². The summed E-state index contributed by atoms with van der Waals surface area (Å²) >= 11 is 0.258. The van der Waals surface area contributed by atoms with Crippen LogP contribution in [0.25, 0.3) is 41.3 Å². The summed E-state index contributed by atoms with van der Waals surface area (Å²) in [6.07, 6.45) is 4.53. The first-order chi connectivity index (χ1) is 16.5. The van der Waals surface area contributed by atoms with Crippen molar-refractivity contribution in [2.45, 2.75) is 77.6 Å². The van der Waals surface area contributed by atoms with Gasteiger partial charge in [-0.1, -0.05) is 0 Å². The van der Waals surface area contributed by atoms with Gasteiger partial charge in [-0.3, -0.25) is 0 Å². The van der Waals surface area contributed by atoms with E-state index in [1.165, 1.54) is 59.7 Å². The summed E-state index contributed by atoms with van der Waals surface area (Å²) in [4.78, 5) is 5.00. The van der Waals surface area contributed by atoms with Crippen LogP contribution in [0.1, 0.15) is 78.0 Å². The van der Waals surface area contributed by atoms with E-state index in [1.807, 2.05) is 6.20 Å². The average Bonchev–Trinajstić information content (AvgIpc) is 3.18. The van der Waals surface area contributed by atoms with Gasteiger partial charge in [0.25, 0.3) is 0 Å². The Morgan fingerprint density at radius 2 is 1.46 bits per heavy atom. The maximum absolute atomic E-state index is 5.00. The number of rotatable bonds is 1. The molecule has 0 bridgehead atoms. The normalized spacial score (nSPS) is 17.2. The summed E-state index contributed by atoms with van der Waals surface area (Å²) in [6.45, 7) is 16.7. The fourth-order valence-corrected chi connectivity index (χ4v) is 8.62. The third kappa shape index (κ3) is 3.61. The van der Waals surface area contributed by atoms with Gasteiger partial charge in [0.2, 0.25) is 0 Å². The van der Waals surface area contributed by atoms with Gasteiger partial charge in [-0.05, 0) is 0 Å². The van der Waals surface area contributed by atoms with Crippen molar-refractivity contribution < 1.29 is 0 Å². The van der Waals surface area contributed by atoms with Gasteiger partial charge < -0.3 is 0 Å². The molecule has 178 valence electrons. The van der Waals surface area contributed by atoms with Crippen molar-refractivity contribution >= 4 is 44.6 Å². The van der Waals surface area contributed by atoms with Crippen molar-refractivity contribution in [1.82, 2.24) is 4.98 Å². The minimum absolute atomic E-state index is 0.0674. The fourth-order valence-electron chi connectivity index (χ4n) is 6.04. The van der Waals surface area contributed by atoms with E-state index in [4.69, 9.17) is 4.98 Å². The number of fused-ring (bicyclic) bond motifs is 5. The molecule has 2 heterocycles. The molecule has 2 aromatic heterocycles. The summed E-state index contributed by atoms with van der Waals surface area (Å²) in [5.74, 6) is 0. The predicted octanol–water partition coefficient (Wildman–Crippen LogP) is 8.91. The molecule has 2 heteroatoms. The Labute approximate surface area is 215 Å². The minimum atomic E-state index is 0.0674. The van der Waals surface area contributed by atoms with Crippen LogP contribution < -0.4 is 0 Å². The zero-order chi connectivity index (χ0) is 24.8. The topological polar surface area (TPSA) is 12.9 Å². The maximum atomic E-state index is 5.00. The molecule has 1 aliphatic carbocycles. The number of nitrogens with zero attached hydrogens (tertiary/aromatic N) is 1. The molecule has 1 nitrogen and oxygen atoms in total. The van der Waals surface area contributed by atoms with Crippen molar-refractivity contribution in [3.05, 3.63) is 77.5 Å². The number of hydrogen-bond donors (Lipinski definition) is 0. The molecule has 1 aliphatic rings. The molecule has 0 fully saturated rings. The molecule has 0 saturated carbocycles. The van der Waals surface area contributed by atoms with Gasteiger partial charge in [-0.25, -0.2) is 0 Å². The molecule has 0 aliphatic heterocycles. The van der Waals surface area contributed by atoms with Crippen LogP contribution in [0.3, 0.4) is 0 Å². The zero-order valence-corrected chi connectivity index (χ0v) is 23.8.